The highest BCUT2D eigenvalue weighted by atomic mass is 19.1. The molecule has 0 atom stereocenters. The van der Waals surface area contributed by atoms with Gasteiger partial charge in [0.25, 0.3) is 11.5 Å². The lowest BCUT2D eigenvalue weighted by Gasteiger charge is -2.28. The number of aromatic nitrogens is 5. The number of ether oxygens (including phenoxy) is 1. The Hall–Kier alpha value is -4.08. The predicted octanol–water partition coefficient (Wildman–Crippen LogP) is 2.44. The first-order chi connectivity index (χ1) is 16.6. The molecule has 9 nitrogen and oxygen atoms in total. The molecule has 4 aromatic rings. The molecule has 6 rings (SSSR count). The van der Waals surface area contributed by atoms with E-state index < -0.39 is 11.7 Å². The minimum atomic E-state index is -0.585. The summed E-state index contributed by atoms with van der Waals surface area (Å²) in [6.07, 6.45) is 2.59. The Kier molecular flexibility index (Phi) is 4.86. The van der Waals surface area contributed by atoms with E-state index in [1.165, 1.54) is 6.07 Å². The fourth-order valence-corrected chi connectivity index (χ4v) is 4.24. The monoisotopic (exact) mass is 460 g/mol. The van der Waals surface area contributed by atoms with E-state index in [2.05, 4.69) is 20.4 Å². The Morgan fingerprint density at radius 3 is 2.76 bits per heavy atom. The van der Waals surface area contributed by atoms with Crippen LogP contribution in [0.3, 0.4) is 0 Å². The number of nitrogens with zero attached hydrogens (tertiary/aromatic N) is 5. The van der Waals surface area contributed by atoms with Crippen LogP contribution in [0.25, 0.3) is 10.8 Å². The molecule has 10 heteroatoms. The Morgan fingerprint density at radius 2 is 1.94 bits per heavy atom. The van der Waals surface area contributed by atoms with E-state index in [-0.39, 0.29) is 23.8 Å². The number of benzene rings is 2. The lowest BCUT2D eigenvalue weighted by Crippen LogP contribution is -2.39. The van der Waals surface area contributed by atoms with Crippen molar-refractivity contribution in [2.24, 2.45) is 0 Å². The van der Waals surface area contributed by atoms with Crippen LogP contribution in [-0.2, 0) is 19.5 Å². The van der Waals surface area contributed by atoms with Gasteiger partial charge in [-0.05, 0) is 36.6 Å². The van der Waals surface area contributed by atoms with Crippen molar-refractivity contribution in [1.29, 1.82) is 0 Å². The third kappa shape index (κ3) is 3.70. The second kappa shape index (κ2) is 8.05. The van der Waals surface area contributed by atoms with Crippen LogP contribution >= 0.6 is 0 Å². The van der Waals surface area contributed by atoms with Gasteiger partial charge in [0.15, 0.2) is 5.82 Å². The van der Waals surface area contributed by atoms with Gasteiger partial charge in [-0.2, -0.15) is 5.10 Å². The number of fused-ring (bicyclic) bond motifs is 2. The lowest BCUT2D eigenvalue weighted by molar-refractivity contribution is 0.0697. The third-order valence-electron chi connectivity index (χ3n) is 6.21. The van der Waals surface area contributed by atoms with E-state index in [0.717, 1.165) is 23.8 Å². The molecule has 2 aromatic carbocycles. The van der Waals surface area contributed by atoms with E-state index in [0.29, 0.717) is 42.4 Å². The van der Waals surface area contributed by atoms with Crippen LogP contribution in [0.4, 0.5) is 4.39 Å². The van der Waals surface area contributed by atoms with Gasteiger partial charge in [-0.1, -0.05) is 29.4 Å². The zero-order valence-corrected chi connectivity index (χ0v) is 18.2. The van der Waals surface area contributed by atoms with E-state index in [4.69, 9.17) is 4.74 Å². The quantitative estimate of drug-likeness (QED) is 0.490. The summed E-state index contributed by atoms with van der Waals surface area (Å²) in [5, 5.41) is 16.2. The number of carbonyl (C=O) groups is 1. The summed E-state index contributed by atoms with van der Waals surface area (Å²) in [5.41, 5.74) is 1.09. The summed E-state index contributed by atoms with van der Waals surface area (Å²) in [6, 6.07) is 12.1. The number of amides is 1. The molecule has 1 fully saturated rings. The highest BCUT2D eigenvalue weighted by Gasteiger charge is 2.30. The number of carbonyl (C=O) groups excluding carboxylic acids is 1. The highest BCUT2D eigenvalue weighted by Crippen LogP contribution is 2.28. The zero-order chi connectivity index (χ0) is 23.2. The van der Waals surface area contributed by atoms with Crippen LogP contribution in [0.5, 0.6) is 6.01 Å². The molecule has 1 aliphatic heterocycles. The SMILES string of the molecule is O=C(c1cc(Cc2n[nH]c(=O)c3ccccc23)ccc1F)N1CCn2c(nnc2OC2CC2)C1. The first kappa shape index (κ1) is 20.5. The van der Waals surface area contributed by atoms with Crippen molar-refractivity contribution in [3.8, 4) is 6.01 Å². The van der Waals surface area contributed by atoms with Crippen molar-refractivity contribution in [3.63, 3.8) is 0 Å². The summed E-state index contributed by atoms with van der Waals surface area (Å²) in [6.45, 7) is 1.13. The fourth-order valence-electron chi connectivity index (χ4n) is 4.24. The van der Waals surface area contributed by atoms with Gasteiger partial charge in [0.05, 0.1) is 23.2 Å². The van der Waals surface area contributed by atoms with Gasteiger partial charge in [-0.3, -0.25) is 14.2 Å². The number of hydrogen-bond donors (Lipinski definition) is 1. The van der Waals surface area contributed by atoms with E-state index >= 15 is 0 Å². The summed E-state index contributed by atoms with van der Waals surface area (Å²) in [4.78, 5) is 26.8. The van der Waals surface area contributed by atoms with Crippen LogP contribution in [0, 0.1) is 5.82 Å². The average molecular weight is 460 g/mol. The number of hydrogen-bond acceptors (Lipinski definition) is 6. The highest BCUT2D eigenvalue weighted by molar-refractivity contribution is 5.94. The van der Waals surface area contributed by atoms with Crippen molar-refractivity contribution in [1.82, 2.24) is 29.9 Å². The van der Waals surface area contributed by atoms with Crippen LogP contribution in [-0.4, -0.2) is 48.4 Å². The molecule has 1 amide bonds. The Bertz CT molecular complexity index is 1480. The standard InChI is InChI=1S/C24H21FN6O3/c25-19-8-5-14(12-20-16-3-1-2-4-17(16)22(32)28-26-20)11-18(19)23(33)30-9-10-31-21(13-30)27-29-24(31)34-15-6-7-15/h1-5,8,11,15H,6-7,9-10,12-13H2,(H,28,32). The van der Waals surface area contributed by atoms with Gasteiger partial charge in [0.2, 0.25) is 0 Å². The Labute approximate surface area is 193 Å². The molecular formula is C24H21FN6O3. The Balaban J connectivity index is 1.25. The lowest BCUT2D eigenvalue weighted by atomic mass is 10.0. The predicted molar refractivity (Wildman–Crippen MR) is 120 cm³/mol. The minimum Gasteiger partial charge on any atom is -0.460 e. The molecule has 0 saturated heterocycles. The van der Waals surface area contributed by atoms with Crippen molar-refractivity contribution < 1.29 is 13.9 Å². The van der Waals surface area contributed by atoms with E-state index in [1.807, 2.05) is 16.7 Å². The molecule has 2 aliphatic rings. The average Bonchev–Trinajstić information content (AvgIpc) is 3.60. The maximum atomic E-state index is 14.7. The Morgan fingerprint density at radius 1 is 1.12 bits per heavy atom. The van der Waals surface area contributed by atoms with Gasteiger partial charge >= 0.3 is 6.01 Å². The van der Waals surface area contributed by atoms with Crippen molar-refractivity contribution in [3.05, 3.63) is 81.3 Å². The van der Waals surface area contributed by atoms with Crippen LogP contribution in [0.15, 0.2) is 47.3 Å². The molecule has 1 aliphatic carbocycles. The molecule has 0 unspecified atom stereocenters. The van der Waals surface area contributed by atoms with Gasteiger partial charge in [0, 0.05) is 24.9 Å². The third-order valence-corrected chi connectivity index (χ3v) is 6.21. The van der Waals surface area contributed by atoms with Crippen LogP contribution in [0.2, 0.25) is 0 Å². The number of nitrogens with one attached hydrogen (secondary N) is 1. The molecule has 0 spiro atoms. The van der Waals surface area contributed by atoms with E-state index in [1.54, 1.807) is 29.2 Å². The molecule has 1 N–H and O–H groups in total. The zero-order valence-electron chi connectivity index (χ0n) is 18.2. The second-order valence-corrected chi connectivity index (χ2v) is 8.63. The molecule has 0 bridgehead atoms. The van der Waals surface area contributed by atoms with Crippen LogP contribution < -0.4 is 10.3 Å². The van der Waals surface area contributed by atoms with Gasteiger partial charge in [-0.15, -0.1) is 5.10 Å². The normalized spacial score (nSPS) is 15.4. The van der Waals surface area contributed by atoms with Crippen molar-refractivity contribution in [2.75, 3.05) is 6.54 Å². The van der Waals surface area contributed by atoms with Gasteiger partial charge < -0.3 is 9.64 Å². The second-order valence-electron chi connectivity index (χ2n) is 8.63. The number of H-pyrrole nitrogens is 1. The molecular weight excluding hydrogens is 439 g/mol. The number of aromatic amines is 1. The first-order valence-electron chi connectivity index (χ1n) is 11.2. The van der Waals surface area contributed by atoms with Gasteiger partial charge in [-0.25, -0.2) is 9.49 Å². The molecule has 0 radical (unpaired) electrons. The molecule has 3 heterocycles. The van der Waals surface area contributed by atoms with Crippen molar-refractivity contribution >= 4 is 16.7 Å². The molecule has 1 saturated carbocycles. The number of rotatable bonds is 5. The number of halogens is 1. The maximum Gasteiger partial charge on any atom is 0.317 e. The summed E-state index contributed by atoms with van der Waals surface area (Å²) >= 11 is 0. The molecule has 172 valence electrons. The summed E-state index contributed by atoms with van der Waals surface area (Å²) in [5.74, 6) is -0.369. The topological polar surface area (TPSA) is 106 Å². The molecule has 2 aromatic heterocycles. The largest absolute Gasteiger partial charge is 0.460 e. The van der Waals surface area contributed by atoms with Crippen molar-refractivity contribution in [2.45, 2.75) is 38.5 Å². The van der Waals surface area contributed by atoms with E-state index in [9.17, 15) is 14.0 Å². The minimum absolute atomic E-state index is 0.00588. The molecule has 34 heavy (non-hydrogen) atoms. The summed E-state index contributed by atoms with van der Waals surface area (Å²) < 4.78 is 22.4. The fraction of sp³-hybridized carbons (Fsp3) is 0.292. The van der Waals surface area contributed by atoms with Gasteiger partial charge in [0.1, 0.15) is 11.9 Å². The van der Waals surface area contributed by atoms with Crippen LogP contribution in [0.1, 0.15) is 40.3 Å². The first-order valence-corrected chi connectivity index (χ1v) is 11.2. The smallest absolute Gasteiger partial charge is 0.317 e. The summed E-state index contributed by atoms with van der Waals surface area (Å²) in [7, 11) is 0. The maximum absolute atomic E-state index is 14.7.